The van der Waals surface area contributed by atoms with Gasteiger partial charge in [-0.15, -0.1) is 0 Å². The normalized spacial score (nSPS) is 16.5. The Balaban J connectivity index is 2.27. The van der Waals surface area contributed by atoms with Crippen LogP contribution in [0.3, 0.4) is 0 Å². The topological polar surface area (TPSA) is 80.0 Å². The summed E-state index contributed by atoms with van der Waals surface area (Å²) in [7, 11) is 0. The SMILES string of the molecule is [N-]=[N+]=NCc1cccn(C2CCOCC2)c1=O. The molecule has 1 fully saturated rings. The largest absolute Gasteiger partial charge is 0.381 e. The minimum Gasteiger partial charge on any atom is -0.381 e. The number of hydrogen-bond acceptors (Lipinski definition) is 3. The molecule has 2 rings (SSSR count). The molecule has 6 nitrogen and oxygen atoms in total. The van der Waals surface area contributed by atoms with Gasteiger partial charge in [-0.3, -0.25) is 4.79 Å². The van der Waals surface area contributed by atoms with Crippen LogP contribution in [-0.4, -0.2) is 17.8 Å². The van der Waals surface area contributed by atoms with Crippen LogP contribution in [0, 0.1) is 0 Å². The maximum Gasteiger partial charge on any atom is 0.254 e. The van der Waals surface area contributed by atoms with Gasteiger partial charge in [-0.1, -0.05) is 11.2 Å². The molecule has 0 atom stereocenters. The van der Waals surface area contributed by atoms with Gasteiger partial charge in [0.15, 0.2) is 0 Å². The molecule has 0 aromatic carbocycles. The van der Waals surface area contributed by atoms with Gasteiger partial charge in [-0.25, -0.2) is 0 Å². The van der Waals surface area contributed by atoms with Crippen LogP contribution in [0.1, 0.15) is 24.4 Å². The number of rotatable bonds is 3. The fraction of sp³-hybridized carbons (Fsp3) is 0.545. The molecule has 0 saturated carbocycles. The van der Waals surface area contributed by atoms with Gasteiger partial charge < -0.3 is 9.30 Å². The van der Waals surface area contributed by atoms with E-state index >= 15 is 0 Å². The lowest BCUT2D eigenvalue weighted by Crippen LogP contribution is -2.30. The van der Waals surface area contributed by atoms with Crippen molar-refractivity contribution in [3.8, 4) is 0 Å². The van der Waals surface area contributed by atoms with Crippen LogP contribution >= 0.6 is 0 Å². The predicted molar refractivity (Wildman–Crippen MR) is 62.6 cm³/mol. The second-order valence-electron chi connectivity index (χ2n) is 3.98. The third kappa shape index (κ3) is 2.67. The van der Waals surface area contributed by atoms with E-state index in [1.54, 1.807) is 16.8 Å². The minimum absolute atomic E-state index is 0.0631. The van der Waals surface area contributed by atoms with E-state index in [1.807, 2.05) is 6.07 Å². The Bertz CT molecular complexity index is 484. The molecule has 0 bridgehead atoms. The summed E-state index contributed by atoms with van der Waals surface area (Å²) in [6.45, 7) is 1.49. The van der Waals surface area contributed by atoms with E-state index in [1.165, 1.54) is 0 Å². The van der Waals surface area contributed by atoms with Crippen LogP contribution in [-0.2, 0) is 11.3 Å². The van der Waals surface area contributed by atoms with Crippen molar-refractivity contribution in [1.29, 1.82) is 0 Å². The molecule has 90 valence electrons. The average molecular weight is 234 g/mol. The molecule has 1 aromatic heterocycles. The summed E-state index contributed by atoms with van der Waals surface area (Å²) in [5, 5.41) is 3.43. The van der Waals surface area contributed by atoms with Crippen LogP contribution in [0.2, 0.25) is 0 Å². The first-order valence-electron chi connectivity index (χ1n) is 5.61. The molecule has 0 radical (unpaired) electrons. The highest BCUT2D eigenvalue weighted by atomic mass is 16.5. The molecule has 6 heteroatoms. The third-order valence-corrected chi connectivity index (χ3v) is 2.94. The van der Waals surface area contributed by atoms with Crippen molar-refractivity contribution in [2.24, 2.45) is 5.11 Å². The molecule has 1 saturated heterocycles. The highest BCUT2D eigenvalue weighted by Gasteiger charge is 2.17. The number of hydrogen-bond donors (Lipinski definition) is 0. The smallest absolute Gasteiger partial charge is 0.254 e. The lowest BCUT2D eigenvalue weighted by molar-refractivity contribution is 0.0686. The van der Waals surface area contributed by atoms with Gasteiger partial charge in [0.05, 0.1) is 6.54 Å². The van der Waals surface area contributed by atoms with Gasteiger partial charge >= 0.3 is 0 Å². The third-order valence-electron chi connectivity index (χ3n) is 2.94. The fourth-order valence-corrected chi connectivity index (χ4v) is 2.04. The molecular weight excluding hydrogens is 220 g/mol. The summed E-state index contributed by atoms with van der Waals surface area (Å²) in [5.41, 5.74) is 8.74. The van der Waals surface area contributed by atoms with Crippen LogP contribution in [0.4, 0.5) is 0 Å². The van der Waals surface area contributed by atoms with Gasteiger partial charge in [0.2, 0.25) is 0 Å². The minimum atomic E-state index is -0.0631. The highest BCUT2D eigenvalue weighted by molar-refractivity contribution is 5.11. The van der Waals surface area contributed by atoms with Crippen LogP contribution in [0.5, 0.6) is 0 Å². The maximum atomic E-state index is 12.1. The van der Waals surface area contributed by atoms with Gasteiger partial charge in [-0.05, 0) is 24.4 Å². The molecule has 1 aromatic rings. The number of pyridine rings is 1. The monoisotopic (exact) mass is 234 g/mol. The first kappa shape index (κ1) is 11.7. The van der Waals surface area contributed by atoms with E-state index in [0.717, 1.165) is 12.8 Å². The second-order valence-corrected chi connectivity index (χ2v) is 3.98. The Morgan fingerprint density at radius 1 is 1.53 bits per heavy atom. The standard InChI is InChI=1S/C11H14N4O2/c12-14-13-8-9-2-1-5-15(11(9)16)10-3-6-17-7-4-10/h1-2,5,10H,3-4,6-8H2. The quantitative estimate of drug-likeness (QED) is 0.455. The average Bonchev–Trinajstić information content (AvgIpc) is 2.39. The van der Waals surface area contributed by atoms with Crippen molar-refractivity contribution >= 4 is 0 Å². The van der Waals surface area contributed by atoms with Crippen molar-refractivity contribution in [2.75, 3.05) is 13.2 Å². The van der Waals surface area contributed by atoms with Crippen molar-refractivity contribution in [1.82, 2.24) is 4.57 Å². The number of nitrogens with zero attached hydrogens (tertiary/aromatic N) is 4. The summed E-state index contributed by atoms with van der Waals surface area (Å²) < 4.78 is 7.00. The zero-order valence-electron chi connectivity index (χ0n) is 9.45. The van der Waals surface area contributed by atoms with Gasteiger partial charge in [-0.2, -0.15) is 0 Å². The summed E-state index contributed by atoms with van der Waals surface area (Å²) in [4.78, 5) is 14.8. The summed E-state index contributed by atoms with van der Waals surface area (Å²) >= 11 is 0. The molecule has 0 N–H and O–H groups in total. The van der Waals surface area contributed by atoms with E-state index < -0.39 is 0 Å². The van der Waals surface area contributed by atoms with Gasteiger partial charge in [0, 0.05) is 35.9 Å². The van der Waals surface area contributed by atoms with E-state index in [0.29, 0.717) is 18.8 Å². The Morgan fingerprint density at radius 3 is 3.00 bits per heavy atom. The number of azide groups is 1. The van der Waals surface area contributed by atoms with E-state index in [-0.39, 0.29) is 18.1 Å². The lowest BCUT2D eigenvalue weighted by Gasteiger charge is -2.24. The van der Waals surface area contributed by atoms with E-state index in [4.69, 9.17) is 10.3 Å². The molecule has 1 aliphatic rings. The molecular formula is C11H14N4O2. The van der Waals surface area contributed by atoms with Crippen molar-refractivity contribution in [3.05, 3.63) is 44.7 Å². The van der Waals surface area contributed by atoms with Gasteiger partial charge in [0.1, 0.15) is 0 Å². The van der Waals surface area contributed by atoms with Crippen LogP contribution in [0.15, 0.2) is 28.2 Å². The zero-order chi connectivity index (χ0) is 12.1. The molecule has 1 aliphatic heterocycles. The van der Waals surface area contributed by atoms with Gasteiger partial charge in [0.25, 0.3) is 5.56 Å². The Kier molecular flexibility index (Phi) is 3.80. The molecule has 17 heavy (non-hydrogen) atoms. The summed E-state index contributed by atoms with van der Waals surface area (Å²) in [5.74, 6) is 0. The van der Waals surface area contributed by atoms with Crippen molar-refractivity contribution in [2.45, 2.75) is 25.4 Å². The summed E-state index contributed by atoms with van der Waals surface area (Å²) in [6, 6.07) is 3.72. The summed E-state index contributed by atoms with van der Waals surface area (Å²) in [6.07, 6.45) is 3.49. The Hall–Kier alpha value is -1.78. The fourth-order valence-electron chi connectivity index (χ4n) is 2.04. The Labute approximate surface area is 98.5 Å². The van der Waals surface area contributed by atoms with E-state index in [2.05, 4.69) is 10.0 Å². The lowest BCUT2D eigenvalue weighted by atomic mass is 10.1. The predicted octanol–water partition coefficient (Wildman–Crippen LogP) is 2.01. The molecule has 0 spiro atoms. The molecule has 0 amide bonds. The number of ether oxygens (including phenoxy) is 1. The Morgan fingerprint density at radius 2 is 2.29 bits per heavy atom. The number of aromatic nitrogens is 1. The highest BCUT2D eigenvalue weighted by Crippen LogP contribution is 2.18. The molecule has 0 aliphatic carbocycles. The van der Waals surface area contributed by atoms with Crippen molar-refractivity contribution < 1.29 is 4.74 Å². The second kappa shape index (κ2) is 5.52. The zero-order valence-corrected chi connectivity index (χ0v) is 9.45. The maximum absolute atomic E-state index is 12.1. The molecule has 2 heterocycles. The van der Waals surface area contributed by atoms with Crippen molar-refractivity contribution in [3.63, 3.8) is 0 Å². The first-order valence-corrected chi connectivity index (χ1v) is 5.61. The van der Waals surface area contributed by atoms with Crippen LogP contribution < -0.4 is 5.56 Å². The molecule has 0 unspecified atom stereocenters. The van der Waals surface area contributed by atoms with E-state index in [9.17, 15) is 4.79 Å². The van der Waals surface area contributed by atoms with Crippen LogP contribution in [0.25, 0.3) is 10.4 Å². The first-order chi connectivity index (χ1) is 8.33.